The van der Waals surface area contributed by atoms with Crippen LogP contribution in [0.15, 0.2) is 11.6 Å². The Morgan fingerprint density at radius 1 is 1.22 bits per heavy atom. The number of hydrogen-bond acceptors (Lipinski definition) is 3. The molecule has 0 unspecified atom stereocenters. The highest BCUT2D eigenvalue weighted by Gasteiger charge is 2.19. The fourth-order valence-corrected chi connectivity index (χ4v) is 2.25. The molecule has 0 bridgehead atoms. The van der Waals surface area contributed by atoms with Crippen LogP contribution in [0.5, 0.6) is 0 Å². The van der Waals surface area contributed by atoms with E-state index in [0.29, 0.717) is 12.5 Å². The van der Waals surface area contributed by atoms with Gasteiger partial charge in [-0.3, -0.25) is 4.79 Å². The monoisotopic (exact) mass is 252 g/mol. The SMILES string of the molecule is CCCCOC(=O)C(=CC1CCCCC1)C(C)=O. The molecule has 1 aliphatic carbocycles. The van der Waals surface area contributed by atoms with E-state index in [1.165, 1.54) is 26.2 Å². The molecule has 0 heterocycles. The highest BCUT2D eigenvalue weighted by atomic mass is 16.5. The van der Waals surface area contributed by atoms with Crippen molar-refractivity contribution in [1.82, 2.24) is 0 Å². The molecule has 0 N–H and O–H groups in total. The van der Waals surface area contributed by atoms with Crippen LogP contribution in [0.3, 0.4) is 0 Å². The number of hydrogen-bond donors (Lipinski definition) is 0. The van der Waals surface area contributed by atoms with Crippen molar-refractivity contribution in [2.24, 2.45) is 5.92 Å². The first-order chi connectivity index (χ1) is 8.65. The van der Waals surface area contributed by atoms with Crippen LogP contribution < -0.4 is 0 Å². The number of rotatable bonds is 6. The number of carbonyl (C=O) groups is 2. The number of esters is 1. The van der Waals surface area contributed by atoms with Gasteiger partial charge in [-0.2, -0.15) is 0 Å². The molecule has 0 radical (unpaired) electrons. The summed E-state index contributed by atoms with van der Waals surface area (Å²) < 4.78 is 5.12. The summed E-state index contributed by atoms with van der Waals surface area (Å²) in [7, 11) is 0. The summed E-state index contributed by atoms with van der Waals surface area (Å²) in [4.78, 5) is 23.3. The molecule has 0 aromatic rings. The number of ether oxygens (including phenoxy) is 1. The Morgan fingerprint density at radius 3 is 2.44 bits per heavy atom. The lowest BCUT2D eigenvalue weighted by Gasteiger charge is -2.18. The van der Waals surface area contributed by atoms with Crippen molar-refractivity contribution in [2.45, 2.75) is 58.8 Å². The van der Waals surface area contributed by atoms with Crippen molar-refractivity contribution in [3.63, 3.8) is 0 Å². The molecule has 102 valence electrons. The van der Waals surface area contributed by atoms with E-state index in [-0.39, 0.29) is 11.4 Å². The molecule has 0 spiro atoms. The Balaban J connectivity index is 2.59. The number of carbonyl (C=O) groups excluding carboxylic acids is 2. The number of allylic oxidation sites excluding steroid dienone is 1. The fraction of sp³-hybridized carbons (Fsp3) is 0.733. The van der Waals surface area contributed by atoms with E-state index >= 15 is 0 Å². The average molecular weight is 252 g/mol. The van der Waals surface area contributed by atoms with E-state index in [4.69, 9.17) is 4.74 Å². The van der Waals surface area contributed by atoms with Gasteiger partial charge < -0.3 is 4.74 Å². The van der Waals surface area contributed by atoms with Gasteiger partial charge in [-0.1, -0.05) is 38.7 Å². The maximum Gasteiger partial charge on any atom is 0.341 e. The molecule has 1 rings (SSSR count). The maximum absolute atomic E-state index is 11.8. The summed E-state index contributed by atoms with van der Waals surface area (Å²) in [6.45, 7) is 3.89. The lowest BCUT2D eigenvalue weighted by molar-refractivity contribution is -0.140. The predicted octanol–water partition coefficient (Wildman–Crippen LogP) is 3.43. The molecule has 0 aromatic heterocycles. The van der Waals surface area contributed by atoms with Gasteiger partial charge in [-0.15, -0.1) is 0 Å². The molecule has 1 saturated carbocycles. The fourth-order valence-electron chi connectivity index (χ4n) is 2.25. The van der Waals surface area contributed by atoms with Crippen molar-refractivity contribution >= 4 is 11.8 Å². The first kappa shape index (κ1) is 14.9. The van der Waals surface area contributed by atoms with Crippen molar-refractivity contribution < 1.29 is 14.3 Å². The molecule has 0 aliphatic heterocycles. The van der Waals surface area contributed by atoms with Gasteiger partial charge in [0.25, 0.3) is 0 Å². The average Bonchev–Trinajstić information content (AvgIpc) is 2.37. The van der Waals surface area contributed by atoms with Gasteiger partial charge in [-0.25, -0.2) is 4.79 Å². The minimum Gasteiger partial charge on any atom is -0.462 e. The predicted molar refractivity (Wildman–Crippen MR) is 71.2 cm³/mol. The first-order valence-electron chi connectivity index (χ1n) is 7.05. The summed E-state index contributed by atoms with van der Waals surface area (Å²) in [5.41, 5.74) is 0.248. The second-order valence-corrected chi connectivity index (χ2v) is 5.02. The third kappa shape index (κ3) is 5.03. The molecule has 1 fully saturated rings. The smallest absolute Gasteiger partial charge is 0.341 e. The quantitative estimate of drug-likeness (QED) is 0.239. The van der Waals surface area contributed by atoms with E-state index in [9.17, 15) is 9.59 Å². The molecule has 0 aromatic carbocycles. The lowest BCUT2D eigenvalue weighted by atomic mass is 9.87. The van der Waals surface area contributed by atoms with Gasteiger partial charge >= 0.3 is 5.97 Å². The third-order valence-corrected chi connectivity index (χ3v) is 3.38. The molecule has 3 heteroatoms. The molecular formula is C15H24O3. The zero-order valence-electron chi connectivity index (χ0n) is 11.5. The Kier molecular flexibility index (Phi) is 6.69. The highest BCUT2D eigenvalue weighted by Crippen LogP contribution is 2.26. The standard InChI is InChI=1S/C15H24O3/c1-3-4-10-18-15(17)14(12(2)16)11-13-8-6-5-7-9-13/h11,13H,3-10H2,1-2H3. The Morgan fingerprint density at radius 2 is 1.89 bits per heavy atom. The van der Waals surface area contributed by atoms with Crippen LogP contribution in [0.4, 0.5) is 0 Å². The second-order valence-electron chi connectivity index (χ2n) is 5.02. The zero-order chi connectivity index (χ0) is 13.4. The van der Waals surface area contributed by atoms with Gasteiger partial charge in [0.2, 0.25) is 0 Å². The summed E-state index contributed by atoms with van der Waals surface area (Å²) >= 11 is 0. The van der Waals surface area contributed by atoms with Crippen molar-refractivity contribution in [2.75, 3.05) is 6.61 Å². The number of Topliss-reactive ketones (excluding diaryl/α,β-unsaturated/α-hetero) is 1. The van der Waals surface area contributed by atoms with Crippen molar-refractivity contribution in [3.8, 4) is 0 Å². The number of ketones is 1. The summed E-state index contributed by atoms with van der Waals surface area (Å²) in [6.07, 6.45) is 9.48. The Labute approximate surface area is 110 Å². The molecular weight excluding hydrogens is 228 g/mol. The zero-order valence-corrected chi connectivity index (χ0v) is 11.5. The van der Waals surface area contributed by atoms with E-state index < -0.39 is 5.97 Å². The van der Waals surface area contributed by atoms with Gasteiger partial charge in [0, 0.05) is 0 Å². The number of unbranched alkanes of at least 4 members (excludes halogenated alkanes) is 1. The van der Waals surface area contributed by atoms with Crippen molar-refractivity contribution in [3.05, 3.63) is 11.6 Å². The van der Waals surface area contributed by atoms with E-state index in [0.717, 1.165) is 25.7 Å². The van der Waals surface area contributed by atoms with E-state index in [1.807, 2.05) is 13.0 Å². The molecule has 0 atom stereocenters. The van der Waals surface area contributed by atoms with Crippen LogP contribution >= 0.6 is 0 Å². The first-order valence-corrected chi connectivity index (χ1v) is 7.05. The summed E-state index contributed by atoms with van der Waals surface area (Å²) in [5.74, 6) is -0.250. The van der Waals surface area contributed by atoms with Crippen LogP contribution in [-0.4, -0.2) is 18.4 Å². The second kappa shape index (κ2) is 8.06. The minimum atomic E-state index is -0.443. The maximum atomic E-state index is 11.8. The largest absolute Gasteiger partial charge is 0.462 e. The van der Waals surface area contributed by atoms with Crippen LogP contribution in [0.25, 0.3) is 0 Å². The normalized spacial score (nSPS) is 17.6. The molecule has 1 aliphatic rings. The Bertz CT molecular complexity index is 312. The molecule has 0 saturated heterocycles. The van der Waals surface area contributed by atoms with E-state index in [2.05, 4.69) is 0 Å². The van der Waals surface area contributed by atoms with Crippen LogP contribution in [-0.2, 0) is 14.3 Å². The topological polar surface area (TPSA) is 43.4 Å². The summed E-state index contributed by atoms with van der Waals surface area (Å²) in [6, 6.07) is 0. The molecule has 18 heavy (non-hydrogen) atoms. The molecule has 3 nitrogen and oxygen atoms in total. The van der Waals surface area contributed by atoms with Crippen LogP contribution in [0.1, 0.15) is 58.8 Å². The van der Waals surface area contributed by atoms with Crippen LogP contribution in [0.2, 0.25) is 0 Å². The van der Waals surface area contributed by atoms with Gasteiger partial charge in [0.15, 0.2) is 5.78 Å². The van der Waals surface area contributed by atoms with Crippen LogP contribution in [0, 0.1) is 5.92 Å². The van der Waals surface area contributed by atoms with Crippen molar-refractivity contribution in [1.29, 1.82) is 0 Å². The Hall–Kier alpha value is -1.12. The summed E-state index contributed by atoms with van der Waals surface area (Å²) in [5, 5.41) is 0. The van der Waals surface area contributed by atoms with E-state index in [1.54, 1.807) is 0 Å². The molecule has 0 amide bonds. The minimum absolute atomic E-state index is 0.179. The van der Waals surface area contributed by atoms with Gasteiger partial charge in [-0.05, 0) is 32.1 Å². The lowest BCUT2D eigenvalue weighted by Crippen LogP contribution is -2.16. The van der Waals surface area contributed by atoms with Gasteiger partial charge in [0.1, 0.15) is 0 Å². The third-order valence-electron chi connectivity index (χ3n) is 3.38. The van der Waals surface area contributed by atoms with Gasteiger partial charge in [0.05, 0.1) is 12.2 Å². The highest BCUT2D eigenvalue weighted by molar-refractivity contribution is 6.16.